The molecular formula is C29H35N3O4. The minimum atomic E-state index is -0.145. The molecule has 0 radical (unpaired) electrons. The Labute approximate surface area is 212 Å². The van der Waals surface area contributed by atoms with Crippen molar-refractivity contribution in [3.63, 3.8) is 0 Å². The SMILES string of the molecule is COc1ccc2ccccc2c1CN[C@@H]1C[C@@H](C(=O)NCCc2ccc3c(c2)OCO3)N(C(C)C)C1. The topological polar surface area (TPSA) is 72.1 Å². The third-order valence-corrected chi connectivity index (χ3v) is 7.24. The van der Waals surface area contributed by atoms with E-state index < -0.39 is 0 Å². The fourth-order valence-corrected chi connectivity index (χ4v) is 5.32. The highest BCUT2D eigenvalue weighted by Crippen LogP contribution is 2.32. The lowest BCUT2D eigenvalue weighted by Gasteiger charge is -2.27. The molecule has 0 aliphatic carbocycles. The molecule has 0 bridgehead atoms. The van der Waals surface area contributed by atoms with Gasteiger partial charge in [0.05, 0.1) is 13.2 Å². The zero-order valence-electron chi connectivity index (χ0n) is 21.3. The number of ether oxygens (including phenoxy) is 3. The van der Waals surface area contributed by atoms with Gasteiger partial charge < -0.3 is 24.8 Å². The first-order valence-electron chi connectivity index (χ1n) is 12.7. The molecule has 0 saturated carbocycles. The Balaban J connectivity index is 1.19. The third kappa shape index (κ3) is 5.13. The lowest BCUT2D eigenvalue weighted by molar-refractivity contribution is -0.126. The van der Waals surface area contributed by atoms with Crippen LogP contribution in [0.1, 0.15) is 31.4 Å². The zero-order valence-corrected chi connectivity index (χ0v) is 21.3. The molecular weight excluding hydrogens is 454 g/mol. The number of nitrogens with one attached hydrogen (secondary N) is 2. The number of carbonyl (C=O) groups is 1. The fraction of sp³-hybridized carbons (Fsp3) is 0.414. The highest BCUT2D eigenvalue weighted by Gasteiger charge is 2.37. The van der Waals surface area contributed by atoms with Crippen LogP contribution in [-0.4, -0.2) is 55.9 Å². The van der Waals surface area contributed by atoms with Crippen LogP contribution >= 0.6 is 0 Å². The number of carbonyl (C=O) groups excluding carboxylic acids is 1. The molecule has 0 aromatic heterocycles. The normalized spacial score (nSPS) is 19.2. The Morgan fingerprint density at radius 2 is 1.94 bits per heavy atom. The van der Waals surface area contributed by atoms with Crippen LogP contribution in [0, 0.1) is 0 Å². The smallest absolute Gasteiger partial charge is 0.237 e. The van der Waals surface area contributed by atoms with Gasteiger partial charge in [-0.15, -0.1) is 0 Å². The van der Waals surface area contributed by atoms with Crippen LogP contribution in [0.4, 0.5) is 0 Å². The summed E-state index contributed by atoms with van der Waals surface area (Å²) in [7, 11) is 1.72. The Morgan fingerprint density at radius 3 is 2.78 bits per heavy atom. The van der Waals surface area contributed by atoms with Gasteiger partial charge in [-0.1, -0.05) is 36.4 Å². The number of benzene rings is 3. The standard InChI is InChI=1S/C29H35N3O4/c1-19(2)32-17-22(31-16-24-23-7-5-4-6-21(23)9-11-26(24)34-3)15-25(32)29(33)30-13-12-20-8-10-27-28(14-20)36-18-35-27/h4-11,14,19,22,25,31H,12-13,15-18H2,1-3H3,(H,30,33)/t22-,25+/m1/s1. The van der Waals surface area contributed by atoms with E-state index in [1.807, 2.05) is 24.3 Å². The van der Waals surface area contributed by atoms with Crippen molar-refractivity contribution < 1.29 is 19.0 Å². The summed E-state index contributed by atoms with van der Waals surface area (Å²) in [6.45, 7) is 6.70. The van der Waals surface area contributed by atoms with Gasteiger partial charge in [0.15, 0.2) is 11.5 Å². The lowest BCUT2D eigenvalue weighted by atomic mass is 10.0. The Kier molecular flexibility index (Phi) is 7.30. The Hall–Kier alpha value is -3.29. The van der Waals surface area contributed by atoms with Crippen molar-refractivity contribution in [2.75, 3.05) is 27.0 Å². The number of rotatable bonds is 9. The van der Waals surface area contributed by atoms with Crippen LogP contribution in [-0.2, 0) is 17.8 Å². The maximum Gasteiger partial charge on any atom is 0.237 e. The summed E-state index contributed by atoms with van der Waals surface area (Å²) in [5, 5.41) is 9.27. The van der Waals surface area contributed by atoms with E-state index in [0.717, 1.165) is 47.8 Å². The second kappa shape index (κ2) is 10.8. The molecule has 7 nitrogen and oxygen atoms in total. The summed E-state index contributed by atoms with van der Waals surface area (Å²) in [6, 6.07) is 18.8. The highest BCUT2D eigenvalue weighted by molar-refractivity contribution is 5.87. The maximum atomic E-state index is 13.2. The predicted octanol–water partition coefficient (Wildman–Crippen LogP) is 3.88. The molecule has 2 aliphatic rings. The summed E-state index contributed by atoms with van der Waals surface area (Å²) in [6.07, 6.45) is 1.53. The average Bonchev–Trinajstić information content (AvgIpc) is 3.54. The molecule has 0 spiro atoms. The van der Waals surface area contributed by atoms with E-state index in [1.54, 1.807) is 7.11 Å². The molecule has 2 atom stereocenters. The molecule has 3 aromatic carbocycles. The van der Waals surface area contributed by atoms with Gasteiger partial charge in [0.2, 0.25) is 12.7 Å². The van der Waals surface area contributed by atoms with E-state index in [1.165, 1.54) is 10.8 Å². The number of amides is 1. The van der Waals surface area contributed by atoms with Crippen molar-refractivity contribution in [1.29, 1.82) is 0 Å². The fourth-order valence-electron chi connectivity index (χ4n) is 5.32. The van der Waals surface area contributed by atoms with Gasteiger partial charge >= 0.3 is 0 Å². The highest BCUT2D eigenvalue weighted by atomic mass is 16.7. The van der Waals surface area contributed by atoms with E-state index in [2.05, 4.69) is 59.7 Å². The molecule has 2 N–H and O–H groups in total. The first-order valence-corrected chi connectivity index (χ1v) is 12.7. The summed E-state index contributed by atoms with van der Waals surface area (Å²) in [4.78, 5) is 15.5. The van der Waals surface area contributed by atoms with Gasteiger partial charge in [-0.2, -0.15) is 0 Å². The minimum Gasteiger partial charge on any atom is -0.496 e. The second-order valence-corrected chi connectivity index (χ2v) is 9.82. The van der Waals surface area contributed by atoms with Crippen LogP contribution in [0.5, 0.6) is 17.2 Å². The van der Waals surface area contributed by atoms with Crippen LogP contribution in [0.3, 0.4) is 0 Å². The molecule has 3 aromatic rings. The van der Waals surface area contributed by atoms with Gasteiger partial charge in [0.25, 0.3) is 0 Å². The number of nitrogens with zero attached hydrogens (tertiary/aromatic N) is 1. The van der Waals surface area contributed by atoms with Gasteiger partial charge in [0.1, 0.15) is 5.75 Å². The van der Waals surface area contributed by atoms with E-state index in [0.29, 0.717) is 13.1 Å². The first-order chi connectivity index (χ1) is 17.5. The summed E-state index contributed by atoms with van der Waals surface area (Å²) < 4.78 is 16.5. The molecule has 190 valence electrons. The summed E-state index contributed by atoms with van der Waals surface area (Å²) >= 11 is 0. The van der Waals surface area contributed by atoms with Crippen LogP contribution in [0.2, 0.25) is 0 Å². The number of hydrogen-bond acceptors (Lipinski definition) is 6. The molecule has 5 rings (SSSR count). The lowest BCUT2D eigenvalue weighted by Crippen LogP contribution is -2.46. The quantitative estimate of drug-likeness (QED) is 0.475. The maximum absolute atomic E-state index is 13.2. The monoisotopic (exact) mass is 489 g/mol. The van der Waals surface area contributed by atoms with Crippen LogP contribution < -0.4 is 24.8 Å². The van der Waals surface area contributed by atoms with Gasteiger partial charge in [-0.3, -0.25) is 9.69 Å². The molecule has 1 saturated heterocycles. The van der Waals surface area contributed by atoms with Crippen LogP contribution in [0.25, 0.3) is 10.8 Å². The minimum absolute atomic E-state index is 0.0940. The van der Waals surface area contributed by atoms with Crippen molar-refractivity contribution >= 4 is 16.7 Å². The molecule has 0 unspecified atom stereocenters. The summed E-state index contributed by atoms with van der Waals surface area (Å²) in [5.74, 6) is 2.53. The summed E-state index contributed by atoms with van der Waals surface area (Å²) in [5.41, 5.74) is 2.28. The third-order valence-electron chi connectivity index (χ3n) is 7.24. The Morgan fingerprint density at radius 1 is 1.11 bits per heavy atom. The molecule has 2 heterocycles. The largest absolute Gasteiger partial charge is 0.496 e. The van der Waals surface area contributed by atoms with Crippen molar-refractivity contribution in [2.45, 2.75) is 51.4 Å². The molecule has 7 heteroatoms. The number of methoxy groups -OCH3 is 1. The van der Waals surface area contributed by atoms with Crippen molar-refractivity contribution in [3.05, 3.63) is 65.7 Å². The van der Waals surface area contributed by atoms with Crippen molar-refractivity contribution in [2.24, 2.45) is 0 Å². The van der Waals surface area contributed by atoms with E-state index >= 15 is 0 Å². The first kappa shape index (κ1) is 24.4. The molecule has 1 fully saturated rings. The zero-order chi connectivity index (χ0) is 25.1. The van der Waals surface area contributed by atoms with E-state index in [4.69, 9.17) is 14.2 Å². The van der Waals surface area contributed by atoms with Gasteiger partial charge in [0, 0.05) is 37.3 Å². The molecule has 36 heavy (non-hydrogen) atoms. The van der Waals surface area contributed by atoms with Crippen molar-refractivity contribution in [1.82, 2.24) is 15.5 Å². The Bertz CT molecular complexity index is 1230. The van der Waals surface area contributed by atoms with E-state index in [-0.39, 0.29) is 30.8 Å². The second-order valence-electron chi connectivity index (χ2n) is 9.82. The average molecular weight is 490 g/mol. The van der Waals surface area contributed by atoms with Crippen LogP contribution in [0.15, 0.2) is 54.6 Å². The van der Waals surface area contributed by atoms with Gasteiger partial charge in [-0.05, 0) is 61.2 Å². The van der Waals surface area contributed by atoms with Crippen molar-refractivity contribution in [3.8, 4) is 17.2 Å². The number of hydrogen-bond donors (Lipinski definition) is 2. The molecule has 2 aliphatic heterocycles. The van der Waals surface area contributed by atoms with Gasteiger partial charge in [-0.25, -0.2) is 0 Å². The number of fused-ring (bicyclic) bond motifs is 2. The van der Waals surface area contributed by atoms with E-state index in [9.17, 15) is 4.79 Å². The molecule has 1 amide bonds. The predicted molar refractivity (Wildman–Crippen MR) is 141 cm³/mol. The number of likely N-dealkylation sites (tertiary alicyclic amines) is 1.